The summed E-state index contributed by atoms with van der Waals surface area (Å²) in [6.07, 6.45) is 2.73. The molecule has 1 aliphatic rings. The van der Waals surface area contributed by atoms with Gasteiger partial charge in [-0.05, 0) is 50.9 Å². The van der Waals surface area contributed by atoms with Crippen LogP contribution in [-0.4, -0.2) is 24.5 Å². The molecule has 0 amide bonds. The molecule has 0 spiro atoms. The topological polar surface area (TPSA) is 21.3 Å². The summed E-state index contributed by atoms with van der Waals surface area (Å²) in [5, 5.41) is 4.13. The number of benzene rings is 1. The molecule has 3 heteroatoms. The molecule has 0 aromatic heterocycles. The van der Waals surface area contributed by atoms with Crippen molar-refractivity contribution in [2.24, 2.45) is 0 Å². The van der Waals surface area contributed by atoms with Gasteiger partial charge < -0.3 is 10.1 Å². The van der Waals surface area contributed by atoms with Gasteiger partial charge in [0.2, 0.25) is 0 Å². The van der Waals surface area contributed by atoms with Crippen LogP contribution in [0.1, 0.15) is 45.2 Å². The first-order chi connectivity index (χ1) is 9.20. The van der Waals surface area contributed by atoms with Crippen molar-refractivity contribution >= 4 is 11.8 Å². The molecule has 1 fully saturated rings. The van der Waals surface area contributed by atoms with Gasteiger partial charge in [-0.25, -0.2) is 0 Å². The maximum atomic E-state index is 5.61. The van der Waals surface area contributed by atoms with Crippen molar-refractivity contribution in [1.82, 2.24) is 5.32 Å². The third-order valence-electron chi connectivity index (χ3n) is 3.67. The molecule has 3 atom stereocenters. The van der Waals surface area contributed by atoms with Crippen LogP contribution in [-0.2, 0) is 4.74 Å². The first-order valence-electron chi connectivity index (χ1n) is 7.32. The van der Waals surface area contributed by atoms with E-state index in [-0.39, 0.29) is 0 Å². The van der Waals surface area contributed by atoms with Crippen LogP contribution < -0.4 is 5.32 Å². The maximum absolute atomic E-state index is 5.61. The lowest BCUT2D eigenvalue weighted by Crippen LogP contribution is -2.19. The zero-order valence-electron chi connectivity index (χ0n) is 12.2. The summed E-state index contributed by atoms with van der Waals surface area (Å²) in [4.78, 5) is 1.36. The van der Waals surface area contributed by atoms with Crippen LogP contribution in [0, 0.1) is 0 Å². The number of nitrogens with one attached hydrogen (secondary N) is 1. The van der Waals surface area contributed by atoms with E-state index >= 15 is 0 Å². The minimum atomic E-state index is 0.384. The van der Waals surface area contributed by atoms with Gasteiger partial charge in [-0.15, -0.1) is 11.8 Å². The molecule has 1 aliphatic heterocycles. The lowest BCUT2D eigenvalue weighted by Gasteiger charge is -2.16. The predicted molar refractivity (Wildman–Crippen MR) is 82.8 cm³/mol. The van der Waals surface area contributed by atoms with Crippen molar-refractivity contribution in [3.63, 3.8) is 0 Å². The highest BCUT2D eigenvalue weighted by Gasteiger charge is 2.24. The highest BCUT2D eigenvalue weighted by atomic mass is 32.2. The predicted octanol–water partition coefficient (Wildman–Crippen LogP) is 4.02. The monoisotopic (exact) mass is 279 g/mol. The van der Waals surface area contributed by atoms with E-state index < -0.39 is 0 Å². The van der Waals surface area contributed by atoms with Crippen LogP contribution in [0.3, 0.4) is 0 Å². The van der Waals surface area contributed by atoms with Gasteiger partial charge in [0.25, 0.3) is 0 Å². The minimum Gasteiger partial charge on any atom is -0.377 e. The first kappa shape index (κ1) is 14.9. The van der Waals surface area contributed by atoms with Crippen molar-refractivity contribution in [3.05, 3.63) is 29.8 Å². The molecule has 1 aromatic rings. The Bertz CT molecular complexity index is 379. The van der Waals surface area contributed by atoms with Gasteiger partial charge in [0.15, 0.2) is 0 Å². The Morgan fingerprint density at radius 3 is 2.68 bits per heavy atom. The maximum Gasteiger partial charge on any atom is 0.0669 e. The van der Waals surface area contributed by atoms with Gasteiger partial charge in [0, 0.05) is 22.8 Å². The van der Waals surface area contributed by atoms with Crippen LogP contribution in [0.25, 0.3) is 0 Å². The van der Waals surface area contributed by atoms with E-state index in [0.717, 1.165) is 13.2 Å². The fraction of sp³-hybridized carbons (Fsp3) is 0.625. The van der Waals surface area contributed by atoms with Crippen molar-refractivity contribution in [2.75, 3.05) is 13.2 Å². The summed E-state index contributed by atoms with van der Waals surface area (Å²) >= 11 is 1.95. The molecular formula is C16H25NOS. The van der Waals surface area contributed by atoms with Gasteiger partial charge in [-0.1, -0.05) is 19.1 Å². The molecule has 1 N–H and O–H groups in total. The van der Waals surface area contributed by atoms with E-state index in [0.29, 0.717) is 17.4 Å². The molecular weight excluding hydrogens is 254 g/mol. The molecule has 0 saturated carbocycles. The van der Waals surface area contributed by atoms with Crippen molar-refractivity contribution in [1.29, 1.82) is 0 Å². The largest absolute Gasteiger partial charge is 0.377 e. The van der Waals surface area contributed by atoms with Gasteiger partial charge in [-0.3, -0.25) is 0 Å². The summed E-state index contributed by atoms with van der Waals surface area (Å²) in [6.45, 7) is 8.59. The second kappa shape index (κ2) is 7.32. The van der Waals surface area contributed by atoms with Crippen molar-refractivity contribution in [2.45, 2.75) is 55.9 Å². The smallest absolute Gasteiger partial charge is 0.0669 e. The molecule has 1 saturated heterocycles. The zero-order chi connectivity index (χ0) is 13.7. The highest BCUT2D eigenvalue weighted by molar-refractivity contribution is 8.00. The average molecular weight is 279 g/mol. The number of thioether (sulfide) groups is 1. The van der Waals surface area contributed by atoms with Gasteiger partial charge >= 0.3 is 0 Å². The number of hydrogen-bond donors (Lipinski definition) is 1. The molecule has 2 rings (SSSR count). The Labute approximate surface area is 121 Å². The number of ether oxygens (including phenoxy) is 1. The lowest BCUT2D eigenvalue weighted by molar-refractivity contribution is 0.127. The summed E-state index contributed by atoms with van der Waals surface area (Å²) in [7, 11) is 0. The standard InChI is InChI=1S/C16H25NOS/c1-4-10-17-12(2)14-5-7-15(8-6-14)19-16-9-11-18-13(16)3/h5-8,12-13,16-17H,4,9-11H2,1-3H3. The quantitative estimate of drug-likeness (QED) is 0.850. The van der Waals surface area contributed by atoms with Crippen LogP contribution in [0.4, 0.5) is 0 Å². The van der Waals surface area contributed by atoms with Crippen LogP contribution in [0.5, 0.6) is 0 Å². The number of hydrogen-bond acceptors (Lipinski definition) is 3. The van der Waals surface area contributed by atoms with Crippen molar-refractivity contribution in [3.8, 4) is 0 Å². The number of rotatable bonds is 6. The Hall–Kier alpha value is -0.510. The lowest BCUT2D eigenvalue weighted by atomic mass is 10.1. The Morgan fingerprint density at radius 1 is 1.37 bits per heavy atom. The van der Waals surface area contributed by atoms with Crippen LogP contribution in [0.15, 0.2) is 29.2 Å². The minimum absolute atomic E-state index is 0.384. The summed E-state index contributed by atoms with van der Waals surface area (Å²) < 4.78 is 5.61. The second-order valence-electron chi connectivity index (χ2n) is 5.27. The average Bonchev–Trinajstić information content (AvgIpc) is 2.82. The molecule has 0 bridgehead atoms. The van der Waals surface area contributed by atoms with Gasteiger partial charge in [0.05, 0.1) is 6.10 Å². The third-order valence-corrected chi connectivity index (χ3v) is 5.14. The SMILES string of the molecule is CCCNC(C)c1ccc(SC2CCOC2C)cc1. The fourth-order valence-corrected chi connectivity index (χ4v) is 3.48. The van der Waals surface area contributed by atoms with Crippen LogP contribution >= 0.6 is 11.8 Å². The van der Waals surface area contributed by atoms with Crippen LogP contribution in [0.2, 0.25) is 0 Å². The Balaban J connectivity index is 1.90. The molecule has 2 nitrogen and oxygen atoms in total. The molecule has 1 aromatic carbocycles. The molecule has 19 heavy (non-hydrogen) atoms. The summed E-state index contributed by atoms with van der Waals surface area (Å²) in [5.74, 6) is 0. The van der Waals surface area contributed by atoms with Crippen molar-refractivity contribution < 1.29 is 4.74 Å². The normalized spacial score (nSPS) is 24.6. The third kappa shape index (κ3) is 4.23. The van der Waals surface area contributed by atoms with E-state index in [4.69, 9.17) is 4.74 Å². The second-order valence-corrected chi connectivity index (χ2v) is 6.58. The van der Waals surface area contributed by atoms with Gasteiger partial charge in [-0.2, -0.15) is 0 Å². The fourth-order valence-electron chi connectivity index (χ4n) is 2.36. The molecule has 106 valence electrons. The molecule has 1 heterocycles. The Morgan fingerprint density at radius 2 is 2.11 bits per heavy atom. The summed E-state index contributed by atoms with van der Waals surface area (Å²) in [6, 6.07) is 9.42. The van der Waals surface area contributed by atoms with E-state index in [1.807, 2.05) is 11.8 Å². The Kier molecular flexibility index (Phi) is 5.74. The molecule has 3 unspecified atom stereocenters. The van der Waals surface area contributed by atoms with E-state index in [9.17, 15) is 0 Å². The van der Waals surface area contributed by atoms with E-state index in [1.54, 1.807) is 0 Å². The zero-order valence-corrected chi connectivity index (χ0v) is 13.0. The van der Waals surface area contributed by atoms with E-state index in [2.05, 4.69) is 50.4 Å². The highest BCUT2D eigenvalue weighted by Crippen LogP contribution is 2.32. The first-order valence-corrected chi connectivity index (χ1v) is 8.20. The van der Waals surface area contributed by atoms with Gasteiger partial charge in [0.1, 0.15) is 0 Å². The molecule has 0 radical (unpaired) electrons. The van der Waals surface area contributed by atoms with E-state index in [1.165, 1.54) is 23.3 Å². The molecule has 0 aliphatic carbocycles. The summed E-state index contributed by atoms with van der Waals surface area (Å²) in [5.41, 5.74) is 1.37.